The van der Waals surface area contributed by atoms with E-state index in [0.717, 1.165) is 27.9 Å². The molecular formula is C19H20N4O2S. The molecule has 0 saturated carbocycles. The summed E-state index contributed by atoms with van der Waals surface area (Å²) in [5, 5.41) is 5.31. The van der Waals surface area contributed by atoms with Crippen LogP contribution in [0.1, 0.15) is 16.7 Å². The fourth-order valence-electron chi connectivity index (χ4n) is 2.46. The highest BCUT2D eigenvalue weighted by Crippen LogP contribution is 2.18. The van der Waals surface area contributed by atoms with E-state index in [1.165, 1.54) is 5.41 Å². The van der Waals surface area contributed by atoms with E-state index in [4.69, 9.17) is 0 Å². The average Bonchev–Trinajstić information content (AvgIpc) is 3.06. The Labute approximate surface area is 153 Å². The van der Waals surface area contributed by atoms with Crippen molar-refractivity contribution < 1.29 is 8.42 Å². The van der Waals surface area contributed by atoms with Gasteiger partial charge in [-0.3, -0.25) is 9.67 Å². The summed E-state index contributed by atoms with van der Waals surface area (Å²) < 4.78 is 28.7. The summed E-state index contributed by atoms with van der Waals surface area (Å²) >= 11 is 0. The molecule has 3 rings (SSSR count). The molecule has 0 bridgehead atoms. The number of pyridine rings is 1. The van der Waals surface area contributed by atoms with Crippen LogP contribution in [0.15, 0.2) is 60.4 Å². The van der Waals surface area contributed by atoms with E-state index in [0.29, 0.717) is 0 Å². The second-order valence-electron chi connectivity index (χ2n) is 6.00. The number of nitrogens with zero attached hydrogens (tertiary/aromatic N) is 3. The lowest BCUT2D eigenvalue weighted by atomic mass is 10.1. The number of hydrogen-bond donors (Lipinski definition) is 1. The van der Waals surface area contributed by atoms with E-state index in [9.17, 15) is 8.42 Å². The van der Waals surface area contributed by atoms with Crippen LogP contribution in [-0.2, 0) is 23.6 Å². The minimum atomic E-state index is -3.54. The van der Waals surface area contributed by atoms with Crippen molar-refractivity contribution in [2.75, 3.05) is 0 Å². The molecule has 0 unspecified atom stereocenters. The molecule has 2 heterocycles. The molecule has 0 amide bonds. The van der Waals surface area contributed by atoms with Crippen LogP contribution in [0.4, 0.5) is 0 Å². The molecule has 0 aliphatic carbocycles. The summed E-state index contributed by atoms with van der Waals surface area (Å²) in [6, 6.07) is 11.4. The molecule has 0 atom stereocenters. The molecule has 0 saturated heterocycles. The zero-order valence-corrected chi connectivity index (χ0v) is 15.4. The molecule has 0 radical (unpaired) electrons. The van der Waals surface area contributed by atoms with Crippen LogP contribution in [0, 0.1) is 6.92 Å². The van der Waals surface area contributed by atoms with Crippen molar-refractivity contribution in [1.29, 1.82) is 0 Å². The number of hydrogen-bond acceptors (Lipinski definition) is 4. The van der Waals surface area contributed by atoms with Crippen molar-refractivity contribution in [2.24, 2.45) is 7.05 Å². The normalized spacial score (nSPS) is 11.9. The summed E-state index contributed by atoms with van der Waals surface area (Å²) in [4.78, 5) is 4.19. The number of aryl methyl sites for hydroxylation is 2. The first-order valence-corrected chi connectivity index (χ1v) is 9.64. The molecular weight excluding hydrogens is 348 g/mol. The molecule has 1 N–H and O–H groups in total. The van der Waals surface area contributed by atoms with Crippen LogP contribution >= 0.6 is 0 Å². The van der Waals surface area contributed by atoms with Gasteiger partial charge in [-0.25, -0.2) is 13.1 Å². The van der Waals surface area contributed by atoms with Crippen molar-refractivity contribution >= 4 is 16.1 Å². The molecule has 26 heavy (non-hydrogen) atoms. The topological polar surface area (TPSA) is 76.9 Å². The molecule has 3 aromatic rings. The third kappa shape index (κ3) is 4.65. The van der Waals surface area contributed by atoms with Gasteiger partial charge in [0.05, 0.1) is 5.69 Å². The fourth-order valence-corrected chi connectivity index (χ4v) is 3.26. The van der Waals surface area contributed by atoms with Gasteiger partial charge in [0.2, 0.25) is 10.0 Å². The zero-order chi connectivity index (χ0) is 18.6. The molecule has 0 spiro atoms. The Balaban J connectivity index is 1.68. The van der Waals surface area contributed by atoms with E-state index < -0.39 is 10.0 Å². The molecule has 7 heteroatoms. The van der Waals surface area contributed by atoms with Crippen molar-refractivity contribution in [3.05, 3.63) is 77.1 Å². The van der Waals surface area contributed by atoms with Gasteiger partial charge >= 0.3 is 0 Å². The number of benzene rings is 1. The quantitative estimate of drug-likeness (QED) is 0.726. The van der Waals surface area contributed by atoms with Gasteiger partial charge in [-0.1, -0.05) is 29.8 Å². The van der Waals surface area contributed by atoms with E-state index in [1.807, 2.05) is 50.4 Å². The Hall–Kier alpha value is -2.77. The van der Waals surface area contributed by atoms with Gasteiger partial charge < -0.3 is 0 Å². The Morgan fingerprint density at radius 1 is 1.15 bits per heavy atom. The van der Waals surface area contributed by atoms with Gasteiger partial charge in [0, 0.05) is 43.2 Å². The highest BCUT2D eigenvalue weighted by atomic mass is 32.2. The predicted molar refractivity (Wildman–Crippen MR) is 102 cm³/mol. The largest absolute Gasteiger partial charge is 0.268 e. The number of rotatable bonds is 6. The van der Waals surface area contributed by atoms with Crippen LogP contribution in [0.2, 0.25) is 0 Å². The minimum absolute atomic E-state index is 0.166. The van der Waals surface area contributed by atoms with Gasteiger partial charge in [-0.2, -0.15) is 5.10 Å². The Bertz CT molecular complexity index is 1020. The molecule has 0 aliphatic rings. The van der Waals surface area contributed by atoms with Gasteiger partial charge in [-0.15, -0.1) is 0 Å². The van der Waals surface area contributed by atoms with Gasteiger partial charge in [0.1, 0.15) is 0 Å². The first-order valence-electron chi connectivity index (χ1n) is 8.10. The third-order valence-electron chi connectivity index (χ3n) is 3.91. The highest BCUT2D eigenvalue weighted by Gasteiger charge is 2.08. The van der Waals surface area contributed by atoms with Crippen LogP contribution in [-0.4, -0.2) is 23.2 Å². The molecule has 0 fully saturated rings. The summed E-state index contributed by atoms with van der Waals surface area (Å²) in [7, 11) is -1.69. The third-order valence-corrected chi connectivity index (χ3v) is 4.95. The van der Waals surface area contributed by atoms with Crippen molar-refractivity contribution in [1.82, 2.24) is 19.5 Å². The van der Waals surface area contributed by atoms with E-state index >= 15 is 0 Å². The summed E-state index contributed by atoms with van der Waals surface area (Å²) in [6.45, 7) is 2.15. The molecule has 1 aromatic carbocycles. The van der Waals surface area contributed by atoms with Crippen LogP contribution in [0.25, 0.3) is 17.3 Å². The van der Waals surface area contributed by atoms with E-state index in [2.05, 4.69) is 14.8 Å². The summed E-state index contributed by atoms with van der Waals surface area (Å²) in [5.74, 6) is 0. The van der Waals surface area contributed by atoms with E-state index in [1.54, 1.807) is 29.3 Å². The molecule has 6 nitrogen and oxygen atoms in total. The Kier molecular flexibility index (Phi) is 5.29. The second-order valence-corrected chi connectivity index (χ2v) is 7.65. The molecule has 0 aliphatic heterocycles. The minimum Gasteiger partial charge on any atom is -0.268 e. The second kappa shape index (κ2) is 7.63. The summed E-state index contributed by atoms with van der Waals surface area (Å²) in [5.41, 5.74) is 4.54. The van der Waals surface area contributed by atoms with Crippen molar-refractivity contribution in [3.63, 3.8) is 0 Å². The lowest BCUT2D eigenvalue weighted by Gasteiger charge is -2.06. The smallest absolute Gasteiger partial charge is 0.234 e. The lowest BCUT2D eigenvalue weighted by molar-refractivity contribution is 0.590. The highest BCUT2D eigenvalue weighted by molar-refractivity contribution is 7.92. The lowest BCUT2D eigenvalue weighted by Crippen LogP contribution is -2.20. The molecule has 2 aromatic heterocycles. The number of nitrogens with one attached hydrogen (secondary N) is 1. The van der Waals surface area contributed by atoms with Crippen LogP contribution in [0.3, 0.4) is 0 Å². The van der Waals surface area contributed by atoms with Gasteiger partial charge in [0.15, 0.2) is 0 Å². The summed E-state index contributed by atoms with van der Waals surface area (Å²) in [6.07, 6.45) is 6.66. The number of aromatic nitrogens is 3. The van der Waals surface area contributed by atoms with Crippen molar-refractivity contribution in [2.45, 2.75) is 13.5 Å². The van der Waals surface area contributed by atoms with Gasteiger partial charge in [0.25, 0.3) is 0 Å². The first kappa shape index (κ1) is 18.0. The maximum Gasteiger partial charge on any atom is 0.234 e. The zero-order valence-electron chi connectivity index (χ0n) is 14.6. The van der Waals surface area contributed by atoms with Crippen molar-refractivity contribution in [3.8, 4) is 11.3 Å². The molecule has 134 valence electrons. The average molecular weight is 368 g/mol. The van der Waals surface area contributed by atoms with E-state index in [-0.39, 0.29) is 6.54 Å². The predicted octanol–water partition coefficient (Wildman–Crippen LogP) is 2.88. The first-order chi connectivity index (χ1) is 12.4. The van der Waals surface area contributed by atoms with Gasteiger partial charge in [-0.05, 0) is 36.3 Å². The Morgan fingerprint density at radius 3 is 2.62 bits per heavy atom. The number of sulfonamides is 1. The standard InChI is InChI=1S/C19H20N4O2S/c1-15-3-5-16(6-4-15)8-10-26(24,25)22-13-17-11-18(14-20-12-17)19-7-9-21-23(19)2/h3-12,14,22H,13H2,1-2H3/b10-8+. The van der Waals surface area contributed by atoms with Crippen LogP contribution in [0.5, 0.6) is 0 Å². The maximum atomic E-state index is 12.2. The SMILES string of the molecule is Cc1ccc(/C=C/S(=O)(=O)NCc2cncc(-c3ccnn3C)c2)cc1. The Morgan fingerprint density at radius 2 is 1.92 bits per heavy atom. The monoisotopic (exact) mass is 368 g/mol. The fraction of sp³-hybridized carbons (Fsp3) is 0.158. The maximum absolute atomic E-state index is 12.2. The van der Waals surface area contributed by atoms with Crippen LogP contribution < -0.4 is 4.72 Å².